The minimum Gasteiger partial charge on any atom is -0.472 e. The third-order valence-electron chi connectivity index (χ3n) is 2.84. The maximum absolute atomic E-state index is 11.7. The Hall–Kier alpha value is -2.69. The Balaban J connectivity index is 2.27. The summed E-state index contributed by atoms with van der Waals surface area (Å²) in [6.07, 6.45) is 0. The van der Waals surface area contributed by atoms with E-state index in [1.165, 1.54) is 26.2 Å². The molecule has 0 spiro atoms. The first-order valence-electron chi connectivity index (χ1n) is 6.39. The molecular weight excluding hydrogens is 270 g/mol. The Labute approximate surface area is 122 Å². The second-order valence-electron chi connectivity index (χ2n) is 4.37. The number of ether oxygens (including phenoxy) is 2. The van der Waals surface area contributed by atoms with Crippen LogP contribution in [0.15, 0.2) is 42.5 Å². The van der Waals surface area contributed by atoms with Gasteiger partial charge in [-0.2, -0.15) is 0 Å². The Morgan fingerprint density at radius 3 is 2.43 bits per heavy atom. The van der Waals surface area contributed by atoms with Crippen molar-refractivity contribution in [1.29, 1.82) is 0 Å². The molecule has 0 aliphatic rings. The van der Waals surface area contributed by atoms with Crippen LogP contribution in [0.25, 0.3) is 0 Å². The summed E-state index contributed by atoms with van der Waals surface area (Å²) >= 11 is 0. The molecule has 0 fully saturated rings. The van der Waals surface area contributed by atoms with Gasteiger partial charge in [-0.05, 0) is 17.7 Å². The van der Waals surface area contributed by atoms with Crippen molar-refractivity contribution in [3.8, 4) is 5.88 Å². The minimum atomic E-state index is -0.555. The average Bonchev–Trinajstić information content (AvgIpc) is 2.52. The molecule has 2 rings (SSSR count). The van der Waals surface area contributed by atoms with E-state index in [0.29, 0.717) is 0 Å². The van der Waals surface area contributed by atoms with E-state index in [-0.39, 0.29) is 29.5 Å². The van der Waals surface area contributed by atoms with E-state index < -0.39 is 5.97 Å². The van der Waals surface area contributed by atoms with Gasteiger partial charge in [0.2, 0.25) is 5.88 Å². The standard InChI is InChI=1S/C16H15NO4/c1-11(18)14-9-8-13(16(19)20-2)15(17-14)21-10-12-6-4-3-5-7-12/h3-9H,10H2,1-2H3. The number of esters is 1. The highest BCUT2D eigenvalue weighted by Gasteiger charge is 2.17. The number of Topliss-reactive ketones (excluding diaryl/α,β-unsaturated/α-hetero) is 1. The lowest BCUT2D eigenvalue weighted by atomic mass is 10.2. The first kappa shape index (κ1) is 14.7. The van der Waals surface area contributed by atoms with E-state index in [9.17, 15) is 9.59 Å². The van der Waals surface area contributed by atoms with Crippen LogP contribution < -0.4 is 4.74 Å². The van der Waals surface area contributed by atoms with Gasteiger partial charge >= 0.3 is 5.97 Å². The number of ketones is 1. The second kappa shape index (κ2) is 6.65. The summed E-state index contributed by atoms with van der Waals surface area (Å²) in [6.45, 7) is 1.65. The Bertz CT molecular complexity index is 653. The number of rotatable bonds is 5. The van der Waals surface area contributed by atoms with Crippen LogP contribution in [0.3, 0.4) is 0 Å². The lowest BCUT2D eigenvalue weighted by Crippen LogP contribution is -2.10. The number of carbonyl (C=O) groups is 2. The van der Waals surface area contributed by atoms with Crippen LogP contribution in [-0.4, -0.2) is 23.8 Å². The van der Waals surface area contributed by atoms with Gasteiger partial charge in [0.25, 0.3) is 0 Å². The fourth-order valence-corrected chi connectivity index (χ4v) is 1.74. The van der Waals surface area contributed by atoms with E-state index in [4.69, 9.17) is 4.74 Å². The summed E-state index contributed by atoms with van der Waals surface area (Å²) in [6, 6.07) is 12.4. The third kappa shape index (κ3) is 3.66. The average molecular weight is 285 g/mol. The van der Waals surface area contributed by atoms with Gasteiger partial charge < -0.3 is 9.47 Å². The molecule has 5 heteroatoms. The number of carbonyl (C=O) groups excluding carboxylic acids is 2. The molecule has 1 aromatic heterocycles. The van der Waals surface area contributed by atoms with Gasteiger partial charge in [0.05, 0.1) is 7.11 Å². The number of benzene rings is 1. The predicted octanol–water partition coefficient (Wildman–Crippen LogP) is 2.65. The molecule has 0 saturated heterocycles. The van der Waals surface area contributed by atoms with Crippen LogP contribution in [0.5, 0.6) is 5.88 Å². The molecule has 21 heavy (non-hydrogen) atoms. The number of methoxy groups -OCH3 is 1. The summed E-state index contributed by atoms with van der Waals surface area (Å²) in [5.74, 6) is -0.657. The van der Waals surface area contributed by atoms with Crippen LogP contribution >= 0.6 is 0 Å². The first-order chi connectivity index (χ1) is 10.1. The molecule has 0 N–H and O–H groups in total. The third-order valence-corrected chi connectivity index (χ3v) is 2.84. The number of nitrogens with zero attached hydrogens (tertiary/aromatic N) is 1. The molecular formula is C16H15NO4. The molecule has 108 valence electrons. The lowest BCUT2D eigenvalue weighted by molar-refractivity contribution is 0.0593. The van der Waals surface area contributed by atoms with Gasteiger partial charge in [0.1, 0.15) is 17.9 Å². The van der Waals surface area contributed by atoms with Gasteiger partial charge in [0.15, 0.2) is 5.78 Å². The molecule has 0 aliphatic heterocycles. The lowest BCUT2D eigenvalue weighted by Gasteiger charge is -2.10. The van der Waals surface area contributed by atoms with Gasteiger partial charge in [-0.3, -0.25) is 4.79 Å². The van der Waals surface area contributed by atoms with Crippen molar-refractivity contribution in [3.05, 3.63) is 59.3 Å². The molecule has 0 aliphatic carbocycles. The molecule has 2 aromatic rings. The van der Waals surface area contributed by atoms with Crippen molar-refractivity contribution in [2.24, 2.45) is 0 Å². The SMILES string of the molecule is COC(=O)c1ccc(C(C)=O)nc1OCc1ccccc1. The molecule has 1 aromatic carbocycles. The maximum Gasteiger partial charge on any atom is 0.343 e. The zero-order valence-corrected chi connectivity index (χ0v) is 11.8. The Morgan fingerprint density at radius 1 is 1.10 bits per heavy atom. The Kier molecular flexibility index (Phi) is 4.66. The number of pyridine rings is 1. The molecule has 0 saturated carbocycles. The van der Waals surface area contributed by atoms with Gasteiger partial charge in [-0.15, -0.1) is 0 Å². The molecule has 0 unspecified atom stereocenters. The summed E-state index contributed by atoms with van der Waals surface area (Å²) < 4.78 is 10.3. The largest absolute Gasteiger partial charge is 0.472 e. The van der Waals surface area contributed by atoms with Crippen LogP contribution in [0.1, 0.15) is 33.3 Å². The molecule has 0 amide bonds. The van der Waals surface area contributed by atoms with E-state index in [1.54, 1.807) is 0 Å². The summed E-state index contributed by atoms with van der Waals surface area (Å²) in [5, 5.41) is 0. The molecule has 0 radical (unpaired) electrons. The van der Waals surface area contributed by atoms with Gasteiger partial charge in [0, 0.05) is 6.92 Å². The topological polar surface area (TPSA) is 65.5 Å². The Morgan fingerprint density at radius 2 is 1.81 bits per heavy atom. The van der Waals surface area contributed by atoms with Gasteiger partial charge in [-0.1, -0.05) is 30.3 Å². The smallest absolute Gasteiger partial charge is 0.343 e. The van der Waals surface area contributed by atoms with E-state index >= 15 is 0 Å². The van der Waals surface area contributed by atoms with Crippen molar-refractivity contribution in [3.63, 3.8) is 0 Å². The zero-order chi connectivity index (χ0) is 15.2. The van der Waals surface area contributed by atoms with E-state index in [1.807, 2.05) is 30.3 Å². The molecule has 0 bridgehead atoms. The van der Waals surface area contributed by atoms with Crippen LogP contribution in [0, 0.1) is 0 Å². The van der Waals surface area contributed by atoms with Crippen molar-refractivity contribution in [2.75, 3.05) is 7.11 Å². The van der Waals surface area contributed by atoms with Crippen molar-refractivity contribution >= 4 is 11.8 Å². The molecule has 1 heterocycles. The quantitative estimate of drug-likeness (QED) is 0.624. The number of hydrogen-bond acceptors (Lipinski definition) is 5. The zero-order valence-electron chi connectivity index (χ0n) is 11.8. The summed E-state index contributed by atoms with van der Waals surface area (Å²) in [5.41, 5.74) is 1.37. The van der Waals surface area contributed by atoms with Gasteiger partial charge in [-0.25, -0.2) is 9.78 Å². The van der Waals surface area contributed by atoms with E-state index in [0.717, 1.165) is 5.56 Å². The number of hydrogen-bond donors (Lipinski definition) is 0. The fourth-order valence-electron chi connectivity index (χ4n) is 1.74. The normalized spacial score (nSPS) is 10.0. The van der Waals surface area contributed by atoms with E-state index in [2.05, 4.69) is 9.72 Å². The number of aromatic nitrogens is 1. The summed E-state index contributed by atoms with van der Waals surface area (Å²) in [7, 11) is 1.28. The van der Waals surface area contributed by atoms with Crippen molar-refractivity contribution in [2.45, 2.75) is 13.5 Å². The first-order valence-corrected chi connectivity index (χ1v) is 6.39. The summed E-state index contributed by atoms with van der Waals surface area (Å²) in [4.78, 5) is 27.2. The van der Waals surface area contributed by atoms with Crippen LogP contribution in [-0.2, 0) is 11.3 Å². The molecule has 5 nitrogen and oxygen atoms in total. The van der Waals surface area contributed by atoms with Crippen LogP contribution in [0.2, 0.25) is 0 Å². The molecule has 0 atom stereocenters. The highest BCUT2D eigenvalue weighted by molar-refractivity contribution is 5.95. The van der Waals surface area contributed by atoms with Crippen LogP contribution in [0.4, 0.5) is 0 Å². The minimum absolute atomic E-state index is 0.0957. The highest BCUT2D eigenvalue weighted by Crippen LogP contribution is 2.19. The van der Waals surface area contributed by atoms with Crippen molar-refractivity contribution in [1.82, 2.24) is 4.98 Å². The second-order valence-corrected chi connectivity index (χ2v) is 4.37. The monoisotopic (exact) mass is 285 g/mol. The predicted molar refractivity (Wildman–Crippen MR) is 76.4 cm³/mol. The fraction of sp³-hybridized carbons (Fsp3) is 0.188. The highest BCUT2D eigenvalue weighted by atomic mass is 16.5. The maximum atomic E-state index is 11.7. The van der Waals surface area contributed by atoms with Crippen molar-refractivity contribution < 1.29 is 19.1 Å².